The number of benzene rings is 2. The van der Waals surface area contributed by atoms with Crippen molar-refractivity contribution in [1.82, 2.24) is 0 Å². The maximum absolute atomic E-state index is 12.2. The molecule has 0 spiro atoms. The molecule has 2 rings (SSSR count). The van der Waals surface area contributed by atoms with E-state index in [0.717, 1.165) is 0 Å². The van der Waals surface area contributed by atoms with Crippen molar-refractivity contribution in [2.24, 2.45) is 0 Å². The highest BCUT2D eigenvalue weighted by Gasteiger charge is 2.12. The molecule has 0 bridgehead atoms. The Morgan fingerprint density at radius 1 is 0.806 bits per heavy atom. The van der Waals surface area contributed by atoms with Gasteiger partial charge in [-0.2, -0.15) is 0 Å². The van der Waals surface area contributed by atoms with Crippen LogP contribution in [0, 0.1) is 0 Å². The SMILES string of the molecule is C/C=C/C(=O)Oc1cc(/C(C)=C/C(=O)Oc2ccc(OC(C)=O)cc2)ccc1OC=O. The number of carbonyl (C=O) groups excluding carboxylic acids is 4. The Hall–Kier alpha value is -4.20. The summed E-state index contributed by atoms with van der Waals surface area (Å²) >= 11 is 0. The first kappa shape index (κ1) is 23.1. The first-order chi connectivity index (χ1) is 14.8. The molecule has 0 radical (unpaired) electrons. The van der Waals surface area contributed by atoms with Gasteiger partial charge in [-0.25, -0.2) is 9.59 Å². The molecule has 0 aliphatic rings. The number of allylic oxidation sites excluding steroid dienone is 2. The monoisotopic (exact) mass is 424 g/mol. The molecule has 0 unspecified atom stereocenters. The molecule has 8 nitrogen and oxygen atoms in total. The molecule has 0 fully saturated rings. The second-order valence-electron chi connectivity index (χ2n) is 6.11. The molecule has 2 aromatic rings. The fraction of sp³-hybridized carbons (Fsp3) is 0.130. The Kier molecular flexibility index (Phi) is 8.27. The molecule has 0 aliphatic heterocycles. The summed E-state index contributed by atoms with van der Waals surface area (Å²) in [5.41, 5.74) is 1.06. The molecule has 0 aliphatic carbocycles. The van der Waals surface area contributed by atoms with Crippen molar-refractivity contribution in [2.75, 3.05) is 0 Å². The van der Waals surface area contributed by atoms with Gasteiger partial charge in [0.1, 0.15) is 11.5 Å². The van der Waals surface area contributed by atoms with E-state index in [4.69, 9.17) is 18.9 Å². The van der Waals surface area contributed by atoms with E-state index in [1.54, 1.807) is 19.9 Å². The van der Waals surface area contributed by atoms with Crippen molar-refractivity contribution in [2.45, 2.75) is 20.8 Å². The molecule has 0 heterocycles. The summed E-state index contributed by atoms with van der Waals surface area (Å²) in [5, 5.41) is 0. The molecule has 0 atom stereocenters. The maximum atomic E-state index is 12.2. The number of esters is 3. The topological polar surface area (TPSA) is 105 Å². The van der Waals surface area contributed by atoms with Crippen LogP contribution in [0.25, 0.3) is 5.57 Å². The fourth-order valence-corrected chi connectivity index (χ4v) is 2.41. The van der Waals surface area contributed by atoms with Crippen LogP contribution in [0.3, 0.4) is 0 Å². The molecule has 31 heavy (non-hydrogen) atoms. The Balaban J connectivity index is 2.17. The zero-order chi connectivity index (χ0) is 22.8. The van der Waals surface area contributed by atoms with Gasteiger partial charge in [-0.3, -0.25) is 9.59 Å². The summed E-state index contributed by atoms with van der Waals surface area (Å²) in [6.07, 6.45) is 3.98. The van der Waals surface area contributed by atoms with Gasteiger partial charge < -0.3 is 18.9 Å². The normalized spacial score (nSPS) is 11.0. The molecule has 0 saturated carbocycles. The number of ether oxygens (including phenoxy) is 4. The summed E-state index contributed by atoms with van der Waals surface area (Å²) in [5.74, 6) is -1.07. The van der Waals surface area contributed by atoms with Crippen molar-refractivity contribution >= 4 is 30.0 Å². The van der Waals surface area contributed by atoms with Gasteiger partial charge in [0, 0.05) is 19.1 Å². The lowest BCUT2D eigenvalue weighted by Gasteiger charge is -2.10. The third-order valence-electron chi connectivity index (χ3n) is 3.73. The van der Waals surface area contributed by atoms with Crippen LogP contribution in [0.5, 0.6) is 23.0 Å². The number of rotatable bonds is 8. The molecular formula is C23H20O8. The summed E-state index contributed by atoms with van der Waals surface area (Å²) < 4.78 is 20.1. The van der Waals surface area contributed by atoms with E-state index in [0.29, 0.717) is 16.9 Å². The van der Waals surface area contributed by atoms with Crippen molar-refractivity contribution in [3.05, 3.63) is 66.3 Å². The van der Waals surface area contributed by atoms with Gasteiger partial charge in [0.25, 0.3) is 6.47 Å². The standard InChI is InChI=1S/C23H20O8/c1-4-5-22(26)31-21-13-17(6-11-20(21)28-14-24)15(2)12-23(27)30-19-9-7-18(8-10-19)29-16(3)25/h4-14H,1-3H3/b5-4+,15-12+. The van der Waals surface area contributed by atoms with Crippen LogP contribution in [0.15, 0.2) is 60.7 Å². The highest BCUT2D eigenvalue weighted by atomic mass is 16.6. The predicted molar refractivity (Wildman–Crippen MR) is 111 cm³/mol. The minimum atomic E-state index is -0.645. The van der Waals surface area contributed by atoms with E-state index in [2.05, 4.69) is 0 Å². The Labute approximate surface area is 178 Å². The van der Waals surface area contributed by atoms with Crippen LogP contribution in [-0.4, -0.2) is 24.4 Å². The van der Waals surface area contributed by atoms with E-state index < -0.39 is 17.9 Å². The predicted octanol–water partition coefficient (Wildman–Crippen LogP) is 3.64. The van der Waals surface area contributed by atoms with Gasteiger partial charge in [-0.05, 0) is 61.4 Å². The third kappa shape index (κ3) is 7.28. The van der Waals surface area contributed by atoms with Gasteiger partial charge in [0.15, 0.2) is 11.5 Å². The molecule has 0 saturated heterocycles. The molecule has 0 aromatic heterocycles. The third-order valence-corrected chi connectivity index (χ3v) is 3.73. The fourth-order valence-electron chi connectivity index (χ4n) is 2.41. The van der Waals surface area contributed by atoms with E-state index >= 15 is 0 Å². The van der Waals surface area contributed by atoms with Gasteiger partial charge in [-0.1, -0.05) is 12.1 Å². The van der Waals surface area contributed by atoms with Crippen molar-refractivity contribution in [3.8, 4) is 23.0 Å². The van der Waals surface area contributed by atoms with Crippen LogP contribution in [0.1, 0.15) is 26.3 Å². The molecule has 0 amide bonds. The minimum absolute atomic E-state index is 0.0230. The average molecular weight is 424 g/mol. The van der Waals surface area contributed by atoms with Crippen LogP contribution < -0.4 is 18.9 Å². The summed E-state index contributed by atoms with van der Waals surface area (Å²) in [6.45, 7) is 4.82. The van der Waals surface area contributed by atoms with Crippen LogP contribution in [-0.2, 0) is 19.2 Å². The number of hydrogen-bond acceptors (Lipinski definition) is 8. The van der Waals surface area contributed by atoms with E-state index in [1.165, 1.54) is 61.5 Å². The second kappa shape index (κ2) is 11.1. The lowest BCUT2D eigenvalue weighted by atomic mass is 10.1. The van der Waals surface area contributed by atoms with Crippen molar-refractivity contribution < 1.29 is 38.1 Å². The van der Waals surface area contributed by atoms with Crippen LogP contribution in [0.2, 0.25) is 0 Å². The van der Waals surface area contributed by atoms with Gasteiger partial charge in [-0.15, -0.1) is 0 Å². The van der Waals surface area contributed by atoms with Crippen molar-refractivity contribution in [3.63, 3.8) is 0 Å². The van der Waals surface area contributed by atoms with Gasteiger partial charge >= 0.3 is 17.9 Å². The molecule has 2 aromatic carbocycles. The highest BCUT2D eigenvalue weighted by Crippen LogP contribution is 2.31. The first-order valence-electron chi connectivity index (χ1n) is 9.10. The Morgan fingerprint density at radius 2 is 1.45 bits per heavy atom. The quantitative estimate of drug-likeness (QED) is 0.274. The van der Waals surface area contributed by atoms with E-state index in [-0.39, 0.29) is 23.7 Å². The van der Waals surface area contributed by atoms with Gasteiger partial charge in [0.2, 0.25) is 0 Å². The molecule has 0 N–H and O–H groups in total. The smallest absolute Gasteiger partial charge is 0.336 e. The number of carbonyl (C=O) groups is 4. The lowest BCUT2D eigenvalue weighted by Crippen LogP contribution is -2.07. The summed E-state index contributed by atoms with van der Waals surface area (Å²) in [6, 6.07) is 10.5. The summed E-state index contributed by atoms with van der Waals surface area (Å²) in [7, 11) is 0. The first-order valence-corrected chi connectivity index (χ1v) is 9.10. The molecular weight excluding hydrogens is 404 g/mol. The average Bonchev–Trinajstić information content (AvgIpc) is 2.70. The molecule has 8 heteroatoms. The van der Waals surface area contributed by atoms with Crippen LogP contribution >= 0.6 is 0 Å². The molecule has 160 valence electrons. The second-order valence-corrected chi connectivity index (χ2v) is 6.11. The van der Waals surface area contributed by atoms with Gasteiger partial charge in [0.05, 0.1) is 0 Å². The maximum Gasteiger partial charge on any atom is 0.336 e. The zero-order valence-electron chi connectivity index (χ0n) is 17.1. The highest BCUT2D eigenvalue weighted by molar-refractivity contribution is 5.92. The van der Waals surface area contributed by atoms with E-state index in [9.17, 15) is 19.2 Å². The summed E-state index contributed by atoms with van der Waals surface area (Å²) in [4.78, 5) is 45.6. The minimum Gasteiger partial charge on any atom is -0.427 e. The number of hydrogen-bond donors (Lipinski definition) is 0. The largest absolute Gasteiger partial charge is 0.427 e. The Bertz CT molecular complexity index is 1030. The lowest BCUT2D eigenvalue weighted by molar-refractivity contribution is -0.132. The van der Waals surface area contributed by atoms with E-state index in [1.807, 2.05) is 0 Å². The Morgan fingerprint density at radius 3 is 2.03 bits per heavy atom. The van der Waals surface area contributed by atoms with Crippen LogP contribution in [0.4, 0.5) is 0 Å². The zero-order valence-corrected chi connectivity index (χ0v) is 17.1. The van der Waals surface area contributed by atoms with Crippen molar-refractivity contribution in [1.29, 1.82) is 0 Å².